The lowest BCUT2D eigenvalue weighted by molar-refractivity contribution is 0.0925. The average molecular weight is 343 g/mol. The first-order valence-corrected chi connectivity index (χ1v) is 8.77. The van der Waals surface area contributed by atoms with Crippen molar-refractivity contribution in [2.45, 2.75) is 6.04 Å². The molecule has 0 radical (unpaired) electrons. The van der Waals surface area contributed by atoms with Gasteiger partial charge in [0.15, 0.2) is 0 Å². The summed E-state index contributed by atoms with van der Waals surface area (Å²) in [4.78, 5) is 23.6. The Bertz CT molecular complexity index is 741. The highest BCUT2D eigenvalue weighted by Gasteiger charge is 2.34. The van der Waals surface area contributed by atoms with Gasteiger partial charge in [-0.05, 0) is 6.07 Å². The molecule has 1 aliphatic heterocycles. The van der Waals surface area contributed by atoms with Crippen molar-refractivity contribution in [3.8, 4) is 0 Å². The Kier molecular flexibility index (Phi) is 5.23. The summed E-state index contributed by atoms with van der Waals surface area (Å²) in [6.07, 6.45) is 1.44. The Morgan fingerprint density at radius 2 is 2.09 bits per heavy atom. The zero-order valence-corrected chi connectivity index (χ0v) is 14.2. The molecule has 1 fully saturated rings. The second-order valence-corrected chi connectivity index (χ2v) is 8.03. The number of ether oxygens (including phenoxy) is 1. The minimum atomic E-state index is -3.37. The Hall–Kier alpha value is -1.71. The summed E-state index contributed by atoms with van der Waals surface area (Å²) in [7, 11) is 1.14. The number of rotatable bonds is 5. The molecule has 23 heavy (non-hydrogen) atoms. The fourth-order valence-corrected chi connectivity index (χ4v) is 3.49. The number of aromatic nitrogens is 1. The molecule has 0 aromatic carbocycles. The first-order valence-electron chi connectivity index (χ1n) is 7.16. The van der Waals surface area contributed by atoms with Gasteiger partial charge in [0.25, 0.3) is 5.91 Å². The molecular formula is C14H21N3O5S. The minimum absolute atomic E-state index is 0.0851. The molecule has 0 saturated carbocycles. The van der Waals surface area contributed by atoms with Gasteiger partial charge in [0, 0.05) is 39.3 Å². The highest BCUT2D eigenvalue weighted by atomic mass is 32.2. The van der Waals surface area contributed by atoms with Gasteiger partial charge in [0.1, 0.15) is 0 Å². The Balaban J connectivity index is 2.07. The van der Waals surface area contributed by atoms with Crippen molar-refractivity contribution in [3.63, 3.8) is 0 Å². The van der Waals surface area contributed by atoms with E-state index >= 15 is 0 Å². The van der Waals surface area contributed by atoms with Crippen LogP contribution in [0.5, 0.6) is 0 Å². The maximum atomic E-state index is 12.3. The summed E-state index contributed by atoms with van der Waals surface area (Å²) in [6.45, 7) is 0.552. The molecule has 1 amide bonds. The number of sulfonamides is 1. The molecule has 1 aliphatic rings. The Labute approximate surface area is 135 Å². The fourth-order valence-electron chi connectivity index (χ4n) is 2.32. The van der Waals surface area contributed by atoms with Crippen molar-refractivity contribution < 1.29 is 17.9 Å². The molecule has 2 atom stereocenters. The van der Waals surface area contributed by atoms with Crippen LogP contribution in [-0.4, -0.2) is 62.3 Å². The molecular weight excluding hydrogens is 322 g/mol. The van der Waals surface area contributed by atoms with Crippen LogP contribution in [0.25, 0.3) is 0 Å². The van der Waals surface area contributed by atoms with Gasteiger partial charge in [-0.1, -0.05) is 0 Å². The van der Waals surface area contributed by atoms with Crippen molar-refractivity contribution in [1.29, 1.82) is 0 Å². The van der Waals surface area contributed by atoms with Gasteiger partial charge in [-0.3, -0.25) is 9.59 Å². The van der Waals surface area contributed by atoms with Crippen LogP contribution in [0.4, 0.5) is 0 Å². The van der Waals surface area contributed by atoms with Crippen LogP contribution in [0.2, 0.25) is 0 Å². The molecule has 1 saturated heterocycles. The third-order valence-electron chi connectivity index (χ3n) is 3.84. The number of carbonyl (C=O) groups excluding carboxylic acids is 1. The molecule has 9 heteroatoms. The van der Waals surface area contributed by atoms with E-state index in [-0.39, 0.29) is 42.4 Å². The smallest absolute Gasteiger partial charge is 0.253 e. The van der Waals surface area contributed by atoms with Crippen LogP contribution in [0.3, 0.4) is 0 Å². The molecule has 1 aromatic rings. The molecule has 0 unspecified atom stereocenters. The summed E-state index contributed by atoms with van der Waals surface area (Å²) in [5, 5.41) is 2.79. The van der Waals surface area contributed by atoms with E-state index in [1.165, 1.54) is 37.0 Å². The van der Waals surface area contributed by atoms with Crippen LogP contribution in [-0.2, 0) is 21.8 Å². The van der Waals surface area contributed by atoms with Gasteiger partial charge < -0.3 is 14.6 Å². The first-order chi connectivity index (χ1) is 10.7. The summed E-state index contributed by atoms with van der Waals surface area (Å²) in [5.41, 5.74) is 0.133. The lowest BCUT2D eigenvalue weighted by Gasteiger charge is -2.21. The van der Waals surface area contributed by atoms with Gasteiger partial charge >= 0.3 is 0 Å². The lowest BCUT2D eigenvalue weighted by atomic mass is 10.1. The van der Waals surface area contributed by atoms with E-state index in [4.69, 9.17) is 4.74 Å². The van der Waals surface area contributed by atoms with E-state index in [0.717, 1.165) is 4.31 Å². The highest BCUT2D eigenvalue weighted by Crippen LogP contribution is 2.17. The van der Waals surface area contributed by atoms with E-state index in [2.05, 4.69) is 5.32 Å². The number of nitrogens with zero attached hydrogens (tertiary/aromatic N) is 2. The summed E-state index contributed by atoms with van der Waals surface area (Å²) in [6, 6.07) is 2.38. The van der Waals surface area contributed by atoms with Crippen LogP contribution < -0.4 is 10.9 Å². The zero-order chi connectivity index (χ0) is 17.2. The quantitative estimate of drug-likeness (QED) is 0.741. The molecule has 0 spiro atoms. The lowest BCUT2D eigenvalue weighted by Crippen LogP contribution is -2.43. The SMILES string of the molecule is CN(C)S(=O)(=O)C[C@@H]1COC[C@@H]1NC(=O)c1ccc(=O)n(C)c1. The molecule has 1 aromatic heterocycles. The van der Waals surface area contributed by atoms with E-state index in [9.17, 15) is 18.0 Å². The predicted octanol–water partition coefficient (Wildman–Crippen LogP) is -0.978. The number of hydrogen-bond donors (Lipinski definition) is 1. The van der Waals surface area contributed by atoms with Crippen molar-refractivity contribution in [3.05, 3.63) is 34.2 Å². The maximum absolute atomic E-state index is 12.3. The second kappa shape index (κ2) is 6.81. The van der Waals surface area contributed by atoms with Crippen molar-refractivity contribution in [2.24, 2.45) is 13.0 Å². The van der Waals surface area contributed by atoms with Crippen LogP contribution in [0, 0.1) is 5.92 Å². The van der Waals surface area contributed by atoms with E-state index < -0.39 is 10.0 Å². The molecule has 1 N–H and O–H groups in total. The molecule has 0 bridgehead atoms. The predicted molar refractivity (Wildman–Crippen MR) is 84.7 cm³/mol. The Morgan fingerprint density at radius 1 is 1.39 bits per heavy atom. The Morgan fingerprint density at radius 3 is 2.70 bits per heavy atom. The summed E-state index contributed by atoms with van der Waals surface area (Å²) < 4.78 is 31.8. The molecule has 2 rings (SSSR count). The van der Waals surface area contributed by atoms with Crippen LogP contribution in [0.1, 0.15) is 10.4 Å². The van der Waals surface area contributed by atoms with E-state index in [0.29, 0.717) is 5.56 Å². The van der Waals surface area contributed by atoms with E-state index in [1.807, 2.05) is 0 Å². The van der Waals surface area contributed by atoms with Gasteiger partial charge in [0.2, 0.25) is 15.6 Å². The molecule has 2 heterocycles. The number of carbonyl (C=O) groups is 1. The van der Waals surface area contributed by atoms with Crippen LogP contribution >= 0.6 is 0 Å². The summed E-state index contributed by atoms with van der Waals surface area (Å²) >= 11 is 0. The summed E-state index contributed by atoms with van der Waals surface area (Å²) in [5.74, 6) is -0.750. The van der Waals surface area contributed by atoms with Gasteiger partial charge in [0.05, 0.1) is 30.6 Å². The van der Waals surface area contributed by atoms with Crippen molar-refractivity contribution in [1.82, 2.24) is 14.2 Å². The topological polar surface area (TPSA) is 97.7 Å². The zero-order valence-electron chi connectivity index (χ0n) is 13.4. The van der Waals surface area contributed by atoms with Gasteiger partial charge in [-0.2, -0.15) is 0 Å². The average Bonchev–Trinajstić information content (AvgIpc) is 2.88. The minimum Gasteiger partial charge on any atom is -0.379 e. The number of nitrogens with one attached hydrogen (secondary N) is 1. The normalized spacial score (nSPS) is 21.6. The van der Waals surface area contributed by atoms with E-state index in [1.54, 1.807) is 7.05 Å². The monoisotopic (exact) mass is 343 g/mol. The third-order valence-corrected chi connectivity index (χ3v) is 5.81. The number of aryl methyl sites for hydroxylation is 1. The van der Waals surface area contributed by atoms with Gasteiger partial charge in [-0.25, -0.2) is 12.7 Å². The van der Waals surface area contributed by atoms with Crippen molar-refractivity contribution in [2.75, 3.05) is 33.1 Å². The molecule has 8 nitrogen and oxygen atoms in total. The third kappa shape index (κ3) is 4.18. The van der Waals surface area contributed by atoms with Crippen LogP contribution in [0.15, 0.2) is 23.1 Å². The molecule has 0 aliphatic carbocycles. The maximum Gasteiger partial charge on any atom is 0.253 e. The molecule has 128 valence electrons. The standard InChI is InChI=1S/C14H21N3O5S/c1-16(2)23(20,21)9-11-7-22-8-12(11)15-14(19)10-4-5-13(18)17(3)6-10/h4-6,11-12H,7-9H2,1-3H3,(H,15,19)/t11-,12-/m0/s1. The second-order valence-electron chi connectivity index (χ2n) is 5.81. The van der Waals surface area contributed by atoms with Crippen molar-refractivity contribution >= 4 is 15.9 Å². The highest BCUT2D eigenvalue weighted by molar-refractivity contribution is 7.89. The largest absolute Gasteiger partial charge is 0.379 e. The number of hydrogen-bond acceptors (Lipinski definition) is 5. The first kappa shape index (κ1) is 17.6. The van der Waals surface area contributed by atoms with Gasteiger partial charge in [-0.15, -0.1) is 0 Å². The number of pyridine rings is 1. The fraction of sp³-hybridized carbons (Fsp3) is 0.571. The number of amides is 1.